The van der Waals surface area contributed by atoms with E-state index in [1.807, 2.05) is 13.0 Å². The molecule has 0 fully saturated rings. The van der Waals surface area contributed by atoms with Gasteiger partial charge in [0.05, 0.1) is 11.6 Å². The van der Waals surface area contributed by atoms with Crippen LogP contribution >= 0.6 is 11.3 Å². The van der Waals surface area contributed by atoms with Gasteiger partial charge in [-0.05, 0) is 30.7 Å². The summed E-state index contributed by atoms with van der Waals surface area (Å²) in [6, 6.07) is 10.3. The number of hydrogen-bond donors (Lipinski definition) is 2. The normalized spacial score (nSPS) is 11.1. The van der Waals surface area contributed by atoms with E-state index in [2.05, 4.69) is 31.5 Å². The largest absolute Gasteiger partial charge is 0.325 e. The number of rotatable bonds is 4. The highest BCUT2D eigenvalue weighted by Gasteiger charge is 2.12. The Morgan fingerprint density at radius 1 is 1.17 bits per heavy atom. The van der Waals surface area contributed by atoms with Crippen molar-refractivity contribution in [2.75, 3.05) is 5.32 Å². The second-order valence-electron chi connectivity index (χ2n) is 5.46. The molecule has 3 heterocycles. The molecule has 24 heavy (non-hydrogen) atoms. The van der Waals surface area contributed by atoms with Gasteiger partial charge in [-0.3, -0.25) is 5.10 Å². The predicted molar refractivity (Wildman–Crippen MR) is 93.2 cm³/mol. The molecule has 7 heteroatoms. The van der Waals surface area contributed by atoms with Crippen LogP contribution in [0.5, 0.6) is 0 Å². The molecule has 2 N–H and O–H groups in total. The highest BCUT2D eigenvalue weighted by atomic mass is 32.1. The number of nitrogens with zero attached hydrogens (tertiary/aromatic N) is 3. The van der Waals surface area contributed by atoms with E-state index < -0.39 is 0 Å². The van der Waals surface area contributed by atoms with Crippen LogP contribution in [0.4, 0.5) is 16.0 Å². The van der Waals surface area contributed by atoms with Crippen molar-refractivity contribution in [2.45, 2.75) is 13.3 Å². The average molecular weight is 339 g/mol. The first-order valence-corrected chi connectivity index (χ1v) is 8.27. The van der Waals surface area contributed by atoms with Crippen LogP contribution in [0.3, 0.4) is 0 Å². The summed E-state index contributed by atoms with van der Waals surface area (Å²) in [6.07, 6.45) is 2.23. The van der Waals surface area contributed by atoms with Gasteiger partial charge in [0.1, 0.15) is 28.1 Å². The van der Waals surface area contributed by atoms with Gasteiger partial charge in [-0.1, -0.05) is 12.1 Å². The quantitative estimate of drug-likeness (QED) is 0.585. The zero-order valence-electron chi connectivity index (χ0n) is 12.9. The lowest BCUT2D eigenvalue weighted by molar-refractivity contribution is 0.627. The van der Waals surface area contributed by atoms with Gasteiger partial charge in [0.15, 0.2) is 0 Å². The molecule has 0 saturated carbocycles. The maximum absolute atomic E-state index is 13.1. The third-order valence-electron chi connectivity index (χ3n) is 3.59. The lowest BCUT2D eigenvalue weighted by atomic mass is 10.1. The van der Waals surface area contributed by atoms with Crippen LogP contribution in [0.25, 0.3) is 10.2 Å². The van der Waals surface area contributed by atoms with Gasteiger partial charge in [0.2, 0.25) is 0 Å². The molecule has 0 saturated heterocycles. The average Bonchev–Trinajstić information content (AvgIpc) is 3.18. The zero-order chi connectivity index (χ0) is 16.5. The smallest absolute Gasteiger partial charge is 0.144 e. The van der Waals surface area contributed by atoms with E-state index in [4.69, 9.17) is 0 Å². The summed E-state index contributed by atoms with van der Waals surface area (Å²) in [7, 11) is 0. The Bertz CT molecular complexity index is 976. The topological polar surface area (TPSA) is 66.5 Å². The molecule has 0 atom stereocenters. The van der Waals surface area contributed by atoms with E-state index in [9.17, 15) is 4.39 Å². The van der Waals surface area contributed by atoms with Crippen LogP contribution in [0.2, 0.25) is 0 Å². The number of aromatic amines is 1. The fourth-order valence-corrected chi connectivity index (χ4v) is 3.40. The third-order valence-corrected chi connectivity index (χ3v) is 4.54. The van der Waals surface area contributed by atoms with Crippen LogP contribution in [0.1, 0.15) is 16.3 Å². The molecule has 0 radical (unpaired) electrons. The van der Waals surface area contributed by atoms with Gasteiger partial charge in [-0.25, -0.2) is 14.4 Å². The highest BCUT2D eigenvalue weighted by Crippen LogP contribution is 2.30. The number of benzene rings is 1. The third kappa shape index (κ3) is 2.98. The number of H-pyrrole nitrogens is 1. The van der Waals surface area contributed by atoms with Gasteiger partial charge in [0.25, 0.3) is 0 Å². The first kappa shape index (κ1) is 14.8. The second kappa shape index (κ2) is 6.01. The van der Waals surface area contributed by atoms with Crippen molar-refractivity contribution in [1.82, 2.24) is 20.2 Å². The minimum absolute atomic E-state index is 0.245. The van der Waals surface area contributed by atoms with E-state index in [-0.39, 0.29) is 5.82 Å². The van der Waals surface area contributed by atoms with Crippen molar-refractivity contribution >= 4 is 33.2 Å². The van der Waals surface area contributed by atoms with Crippen molar-refractivity contribution < 1.29 is 4.39 Å². The molecular formula is C17H14FN5S. The summed E-state index contributed by atoms with van der Waals surface area (Å²) in [4.78, 5) is 11.4. The fourth-order valence-electron chi connectivity index (χ4n) is 2.50. The molecule has 3 aromatic heterocycles. The van der Waals surface area contributed by atoms with E-state index in [1.165, 1.54) is 17.0 Å². The predicted octanol–water partition coefficient (Wildman–Crippen LogP) is 4.20. The number of aryl methyl sites for hydroxylation is 1. The minimum atomic E-state index is -0.245. The van der Waals surface area contributed by atoms with Crippen molar-refractivity contribution in [3.8, 4) is 0 Å². The van der Waals surface area contributed by atoms with Crippen molar-refractivity contribution in [1.29, 1.82) is 0 Å². The maximum Gasteiger partial charge on any atom is 0.144 e. The molecule has 0 aliphatic heterocycles. The molecule has 0 aliphatic rings. The molecule has 0 bridgehead atoms. The molecule has 0 amide bonds. The van der Waals surface area contributed by atoms with Gasteiger partial charge >= 0.3 is 0 Å². The molecule has 1 aromatic carbocycles. The number of halogens is 1. The number of hydrogen-bond acceptors (Lipinski definition) is 5. The lowest BCUT2D eigenvalue weighted by Crippen LogP contribution is -2.02. The summed E-state index contributed by atoms with van der Waals surface area (Å²) in [6.45, 7) is 2.05. The summed E-state index contributed by atoms with van der Waals surface area (Å²) in [5.41, 5.74) is 0.969. The molecule has 0 unspecified atom stereocenters. The summed E-state index contributed by atoms with van der Waals surface area (Å²) >= 11 is 1.63. The van der Waals surface area contributed by atoms with E-state index in [0.717, 1.165) is 27.4 Å². The zero-order valence-corrected chi connectivity index (χ0v) is 13.7. The molecular weight excluding hydrogens is 325 g/mol. The first-order valence-electron chi connectivity index (χ1n) is 7.45. The SMILES string of the molecule is Cc1cc2c(Nc3ccn[nH]3)nc(Cc3ccc(F)cc3)nc2s1. The minimum Gasteiger partial charge on any atom is -0.325 e. The van der Waals surface area contributed by atoms with Crippen molar-refractivity contribution in [2.24, 2.45) is 0 Å². The number of nitrogens with one attached hydrogen (secondary N) is 2. The summed E-state index contributed by atoms with van der Waals surface area (Å²) in [5.74, 6) is 1.96. The molecule has 0 spiro atoms. The van der Waals surface area contributed by atoms with Crippen LogP contribution in [-0.2, 0) is 6.42 Å². The highest BCUT2D eigenvalue weighted by molar-refractivity contribution is 7.18. The van der Waals surface area contributed by atoms with Crippen molar-refractivity contribution in [3.63, 3.8) is 0 Å². The Labute approximate surface area is 141 Å². The van der Waals surface area contributed by atoms with E-state index in [1.54, 1.807) is 29.7 Å². The molecule has 4 rings (SSSR count). The molecule has 4 aromatic rings. The first-order chi connectivity index (χ1) is 11.7. The Morgan fingerprint density at radius 3 is 2.75 bits per heavy atom. The van der Waals surface area contributed by atoms with Crippen LogP contribution in [0.15, 0.2) is 42.6 Å². The van der Waals surface area contributed by atoms with Gasteiger partial charge in [-0.2, -0.15) is 5.10 Å². The van der Waals surface area contributed by atoms with E-state index >= 15 is 0 Å². The Hall–Kier alpha value is -2.80. The second-order valence-corrected chi connectivity index (χ2v) is 6.70. The van der Waals surface area contributed by atoms with Crippen LogP contribution in [0, 0.1) is 12.7 Å². The van der Waals surface area contributed by atoms with Gasteiger partial charge in [0, 0.05) is 17.4 Å². The molecule has 0 aliphatic carbocycles. The fraction of sp³-hybridized carbons (Fsp3) is 0.118. The Balaban J connectivity index is 1.74. The van der Waals surface area contributed by atoms with Gasteiger partial charge in [-0.15, -0.1) is 11.3 Å². The lowest BCUT2D eigenvalue weighted by Gasteiger charge is -2.07. The maximum atomic E-state index is 13.1. The summed E-state index contributed by atoms with van der Waals surface area (Å²) < 4.78 is 13.1. The standard InChI is InChI=1S/C17H14FN5S/c1-10-8-13-16(20-14-6-7-19-23-14)21-15(22-17(13)24-10)9-11-2-4-12(18)5-3-11/h2-8H,9H2,1H3,(H2,19,20,21,22,23). The number of thiophene rings is 1. The molecule has 120 valence electrons. The monoisotopic (exact) mass is 339 g/mol. The number of fused-ring (bicyclic) bond motifs is 1. The Morgan fingerprint density at radius 2 is 2.00 bits per heavy atom. The number of aromatic nitrogens is 4. The van der Waals surface area contributed by atoms with Crippen molar-refractivity contribution in [3.05, 3.63) is 64.7 Å². The van der Waals surface area contributed by atoms with Crippen LogP contribution in [-0.4, -0.2) is 20.2 Å². The van der Waals surface area contributed by atoms with Gasteiger partial charge < -0.3 is 5.32 Å². The number of anilines is 2. The van der Waals surface area contributed by atoms with E-state index in [0.29, 0.717) is 12.2 Å². The van der Waals surface area contributed by atoms with Crippen LogP contribution < -0.4 is 5.32 Å². The summed E-state index contributed by atoms with van der Waals surface area (Å²) in [5, 5.41) is 11.0. The molecule has 5 nitrogen and oxygen atoms in total. The Kier molecular flexibility index (Phi) is 3.70.